The number of aromatic nitrogens is 1. The summed E-state index contributed by atoms with van der Waals surface area (Å²) in [6.07, 6.45) is 1.25. The molecule has 2 N–H and O–H groups in total. The van der Waals surface area contributed by atoms with Gasteiger partial charge in [-0.05, 0) is 18.0 Å². The molecule has 0 saturated heterocycles. The van der Waals surface area contributed by atoms with Gasteiger partial charge in [0, 0.05) is 35.0 Å². The van der Waals surface area contributed by atoms with Gasteiger partial charge in [0.15, 0.2) is 6.29 Å². The average molecular weight is 236 g/mol. The van der Waals surface area contributed by atoms with Gasteiger partial charge in [-0.1, -0.05) is 5.11 Å². The predicted octanol–water partition coefficient (Wildman–Crippen LogP) is 0.989. The molecule has 7 nitrogen and oxygen atoms in total. The van der Waals surface area contributed by atoms with Crippen molar-refractivity contribution in [1.82, 2.24) is 4.98 Å². The van der Waals surface area contributed by atoms with E-state index >= 15 is 0 Å². The second-order valence-electron chi connectivity index (χ2n) is 3.42. The average Bonchev–Trinajstić information content (AvgIpc) is 2.38. The van der Waals surface area contributed by atoms with Crippen LogP contribution < -0.4 is 0 Å². The van der Waals surface area contributed by atoms with Gasteiger partial charge in [0.2, 0.25) is 0 Å². The largest absolute Gasteiger partial charge is 0.390 e. The highest BCUT2D eigenvalue weighted by atomic mass is 16.3. The van der Waals surface area contributed by atoms with E-state index < -0.39 is 12.2 Å². The van der Waals surface area contributed by atoms with Gasteiger partial charge >= 0.3 is 0 Å². The second-order valence-corrected chi connectivity index (χ2v) is 3.42. The molecule has 1 heterocycles. The number of aliphatic hydroxyl groups is 2. The highest BCUT2D eigenvalue weighted by molar-refractivity contribution is 5.74. The Balaban J connectivity index is 2.69. The van der Waals surface area contributed by atoms with E-state index in [4.69, 9.17) is 5.53 Å². The normalized spacial score (nSPS) is 13.5. The summed E-state index contributed by atoms with van der Waals surface area (Å²) in [5, 5.41) is 22.6. The Kier molecular flexibility index (Phi) is 5.09. The third-order valence-corrected chi connectivity index (χ3v) is 2.21. The number of nitrogens with zero attached hydrogens (tertiary/aromatic N) is 4. The summed E-state index contributed by atoms with van der Waals surface area (Å²) in [6.45, 7) is 0.0928. The smallest absolute Gasteiger partial charge is 0.151 e. The maximum atomic E-state index is 10.5. The first-order chi connectivity index (χ1) is 8.19. The Morgan fingerprint density at radius 3 is 2.94 bits per heavy atom. The minimum atomic E-state index is -1.16. The second kappa shape index (κ2) is 6.59. The molecule has 0 bridgehead atoms. The van der Waals surface area contributed by atoms with Gasteiger partial charge < -0.3 is 10.2 Å². The van der Waals surface area contributed by atoms with Gasteiger partial charge in [-0.15, -0.1) is 0 Å². The number of azide groups is 1. The number of hydrogen-bond acceptors (Lipinski definition) is 5. The Labute approximate surface area is 97.4 Å². The monoisotopic (exact) mass is 236 g/mol. The minimum Gasteiger partial charge on any atom is -0.390 e. The molecule has 0 aliphatic carbocycles. The first-order valence-corrected chi connectivity index (χ1v) is 4.96. The zero-order valence-corrected chi connectivity index (χ0v) is 8.97. The lowest BCUT2D eigenvalue weighted by atomic mass is 10.0. The number of carbonyl (C=O) groups is 1. The summed E-state index contributed by atoms with van der Waals surface area (Å²) in [7, 11) is 0. The van der Waals surface area contributed by atoms with Crippen LogP contribution in [0.5, 0.6) is 0 Å². The number of aliphatic hydroxyl groups excluding tert-OH is 2. The van der Waals surface area contributed by atoms with E-state index in [-0.39, 0.29) is 13.0 Å². The highest BCUT2D eigenvalue weighted by Crippen LogP contribution is 2.18. The SMILES string of the molecule is [N-]=[N+]=NCCC(O)C(O)c1cncc(C=O)c1. The lowest BCUT2D eigenvalue weighted by molar-refractivity contribution is 0.0148. The molecule has 0 aromatic carbocycles. The van der Waals surface area contributed by atoms with Crippen molar-refractivity contribution in [2.75, 3.05) is 6.54 Å². The van der Waals surface area contributed by atoms with Crippen LogP contribution in [0.4, 0.5) is 0 Å². The van der Waals surface area contributed by atoms with Crippen LogP contribution in [0.2, 0.25) is 0 Å². The van der Waals surface area contributed by atoms with Crippen LogP contribution >= 0.6 is 0 Å². The first-order valence-electron chi connectivity index (χ1n) is 4.96. The van der Waals surface area contributed by atoms with Crippen LogP contribution in [0.15, 0.2) is 23.6 Å². The summed E-state index contributed by atoms with van der Waals surface area (Å²) in [4.78, 5) is 16.8. The Bertz CT molecular complexity index is 431. The zero-order chi connectivity index (χ0) is 12.7. The lowest BCUT2D eigenvalue weighted by Crippen LogP contribution is -2.19. The fraction of sp³-hybridized carbons (Fsp3) is 0.400. The van der Waals surface area contributed by atoms with E-state index in [0.29, 0.717) is 17.4 Å². The summed E-state index contributed by atoms with van der Waals surface area (Å²) in [5.74, 6) is 0. The van der Waals surface area contributed by atoms with Crippen LogP contribution in [0.1, 0.15) is 28.4 Å². The molecule has 2 atom stereocenters. The van der Waals surface area contributed by atoms with Crippen LogP contribution in [-0.4, -0.2) is 34.1 Å². The molecule has 90 valence electrons. The van der Waals surface area contributed by atoms with E-state index in [0.717, 1.165) is 0 Å². The summed E-state index contributed by atoms with van der Waals surface area (Å²) >= 11 is 0. The van der Waals surface area contributed by atoms with Crippen molar-refractivity contribution in [2.24, 2.45) is 5.11 Å². The van der Waals surface area contributed by atoms with Crippen molar-refractivity contribution in [3.63, 3.8) is 0 Å². The zero-order valence-electron chi connectivity index (χ0n) is 8.97. The Morgan fingerprint density at radius 1 is 1.53 bits per heavy atom. The maximum absolute atomic E-state index is 10.5. The van der Waals surface area contributed by atoms with Gasteiger partial charge in [-0.25, -0.2) is 0 Å². The Hall–Kier alpha value is -1.95. The van der Waals surface area contributed by atoms with Gasteiger partial charge in [-0.3, -0.25) is 9.78 Å². The molecule has 17 heavy (non-hydrogen) atoms. The summed E-state index contributed by atoms with van der Waals surface area (Å²) < 4.78 is 0. The van der Waals surface area contributed by atoms with Gasteiger partial charge in [0.05, 0.1) is 6.10 Å². The molecule has 0 spiro atoms. The topological polar surface area (TPSA) is 119 Å². The van der Waals surface area contributed by atoms with Crippen molar-refractivity contribution in [1.29, 1.82) is 0 Å². The molecule has 1 aromatic rings. The number of carbonyl (C=O) groups excluding carboxylic acids is 1. The molecular weight excluding hydrogens is 224 g/mol. The van der Waals surface area contributed by atoms with Crippen molar-refractivity contribution < 1.29 is 15.0 Å². The quantitative estimate of drug-likeness (QED) is 0.331. The van der Waals surface area contributed by atoms with E-state index in [2.05, 4.69) is 15.0 Å². The van der Waals surface area contributed by atoms with Crippen LogP contribution in [0.3, 0.4) is 0 Å². The molecule has 0 aliphatic rings. The van der Waals surface area contributed by atoms with Crippen LogP contribution in [0.25, 0.3) is 10.4 Å². The molecule has 0 aliphatic heterocycles. The van der Waals surface area contributed by atoms with E-state index in [9.17, 15) is 15.0 Å². The Morgan fingerprint density at radius 2 is 2.29 bits per heavy atom. The van der Waals surface area contributed by atoms with Crippen molar-refractivity contribution in [3.05, 3.63) is 40.0 Å². The molecular formula is C10H12N4O3. The molecule has 7 heteroatoms. The van der Waals surface area contributed by atoms with E-state index in [1.54, 1.807) is 0 Å². The number of aldehydes is 1. The standard InChI is InChI=1S/C10H12N4O3/c11-14-13-2-1-9(16)10(17)8-3-7(6-15)4-12-5-8/h3-6,9-10,16-17H,1-2H2. The number of hydrogen-bond donors (Lipinski definition) is 2. The van der Waals surface area contributed by atoms with Crippen LogP contribution in [-0.2, 0) is 0 Å². The minimum absolute atomic E-state index is 0.0928. The third-order valence-electron chi connectivity index (χ3n) is 2.21. The van der Waals surface area contributed by atoms with Crippen molar-refractivity contribution >= 4 is 6.29 Å². The maximum Gasteiger partial charge on any atom is 0.151 e. The van der Waals surface area contributed by atoms with Crippen molar-refractivity contribution in [3.8, 4) is 0 Å². The predicted molar refractivity (Wildman–Crippen MR) is 59.2 cm³/mol. The van der Waals surface area contributed by atoms with E-state index in [1.165, 1.54) is 18.5 Å². The fourth-order valence-corrected chi connectivity index (χ4v) is 1.32. The number of pyridine rings is 1. The molecule has 0 fully saturated rings. The molecule has 1 rings (SSSR count). The van der Waals surface area contributed by atoms with Crippen LogP contribution in [0, 0.1) is 0 Å². The molecule has 0 radical (unpaired) electrons. The summed E-state index contributed by atoms with van der Waals surface area (Å²) in [5.41, 5.74) is 8.74. The van der Waals surface area contributed by atoms with Crippen molar-refractivity contribution in [2.45, 2.75) is 18.6 Å². The lowest BCUT2D eigenvalue weighted by Gasteiger charge is -2.17. The summed E-state index contributed by atoms with van der Waals surface area (Å²) in [6, 6.07) is 1.45. The molecule has 0 amide bonds. The van der Waals surface area contributed by atoms with Gasteiger partial charge in [0.25, 0.3) is 0 Å². The molecule has 1 aromatic heterocycles. The third kappa shape index (κ3) is 3.84. The van der Waals surface area contributed by atoms with E-state index in [1.807, 2.05) is 0 Å². The number of rotatable bonds is 6. The highest BCUT2D eigenvalue weighted by Gasteiger charge is 2.18. The first kappa shape index (κ1) is 13.1. The molecule has 2 unspecified atom stereocenters. The fourth-order valence-electron chi connectivity index (χ4n) is 1.32. The molecule has 0 saturated carbocycles. The van der Waals surface area contributed by atoms with Gasteiger partial charge in [-0.2, -0.15) is 0 Å². The van der Waals surface area contributed by atoms with Gasteiger partial charge in [0.1, 0.15) is 6.10 Å².